The molecule has 2 saturated carbocycles. The van der Waals surface area contributed by atoms with Crippen LogP contribution < -0.4 is 5.32 Å². The molecule has 8 heteroatoms. The third-order valence-electron chi connectivity index (χ3n) is 6.58. The van der Waals surface area contributed by atoms with Crippen LogP contribution >= 0.6 is 0 Å². The Morgan fingerprint density at radius 3 is 2.78 bits per heavy atom. The number of hydrogen-bond donors (Lipinski definition) is 2. The number of rotatable bonds is 8. The summed E-state index contributed by atoms with van der Waals surface area (Å²) < 4.78 is 7.08. The summed E-state index contributed by atoms with van der Waals surface area (Å²) in [6, 6.07) is 0.460. The van der Waals surface area contributed by atoms with Crippen LogP contribution in [0.5, 0.6) is 0 Å². The molecule has 4 rings (SSSR count). The van der Waals surface area contributed by atoms with E-state index in [0.717, 1.165) is 30.0 Å². The maximum atomic E-state index is 5.18. The van der Waals surface area contributed by atoms with Gasteiger partial charge in [0.2, 0.25) is 0 Å². The van der Waals surface area contributed by atoms with Crippen LogP contribution in [0.25, 0.3) is 0 Å². The number of nitrogens with one attached hydrogen (secondary N) is 2. The monoisotopic (exact) mass is 373 g/mol. The third-order valence-corrected chi connectivity index (χ3v) is 6.58. The topological polar surface area (TPSA) is 93.5 Å². The molecular formula is C19H31N7O. The SMILES string of the molecule is COCCCn1nnnc1C(NC1CCC2(CCC2)CC1)c1cn[nH]c1C. The van der Waals surface area contributed by atoms with Crippen LogP contribution in [-0.4, -0.2) is 50.2 Å². The van der Waals surface area contributed by atoms with Gasteiger partial charge in [-0.05, 0) is 67.7 Å². The van der Waals surface area contributed by atoms with Crippen molar-refractivity contribution in [3.63, 3.8) is 0 Å². The molecule has 2 fully saturated rings. The Kier molecular flexibility index (Phi) is 5.54. The second-order valence-electron chi connectivity index (χ2n) is 8.28. The van der Waals surface area contributed by atoms with Crippen LogP contribution in [-0.2, 0) is 11.3 Å². The van der Waals surface area contributed by atoms with E-state index in [9.17, 15) is 0 Å². The van der Waals surface area contributed by atoms with Crippen molar-refractivity contribution < 1.29 is 4.74 Å². The van der Waals surface area contributed by atoms with Gasteiger partial charge in [-0.3, -0.25) is 5.10 Å². The summed E-state index contributed by atoms with van der Waals surface area (Å²) in [5, 5.41) is 23.7. The first-order valence-electron chi connectivity index (χ1n) is 10.2. The van der Waals surface area contributed by atoms with E-state index in [4.69, 9.17) is 4.74 Å². The van der Waals surface area contributed by atoms with Gasteiger partial charge >= 0.3 is 0 Å². The van der Waals surface area contributed by atoms with E-state index in [2.05, 4.69) is 38.0 Å². The van der Waals surface area contributed by atoms with Gasteiger partial charge in [-0.1, -0.05) is 6.42 Å². The van der Waals surface area contributed by atoms with Crippen LogP contribution in [0, 0.1) is 12.3 Å². The predicted molar refractivity (Wildman–Crippen MR) is 101 cm³/mol. The largest absolute Gasteiger partial charge is 0.385 e. The number of aromatic amines is 1. The summed E-state index contributed by atoms with van der Waals surface area (Å²) >= 11 is 0. The first-order chi connectivity index (χ1) is 13.2. The molecule has 8 nitrogen and oxygen atoms in total. The first-order valence-corrected chi connectivity index (χ1v) is 10.2. The summed E-state index contributed by atoms with van der Waals surface area (Å²) in [6.07, 6.45) is 12.2. The van der Waals surface area contributed by atoms with E-state index in [0.29, 0.717) is 18.1 Å². The molecule has 1 atom stereocenters. The number of nitrogens with zero attached hydrogens (tertiary/aromatic N) is 5. The van der Waals surface area contributed by atoms with Gasteiger partial charge in [0.25, 0.3) is 0 Å². The summed E-state index contributed by atoms with van der Waals surface area (Å²) in [5.41, 5.74) is 2.85. The highest BCUT2D eigenvalue weighted by molar-refractivity contribution is 5.25. The lowest BCUT2D eigenvalue weighted by molar-refractivity contribution is 0.0625. The van der Waals surface area contributed by atoms with Crippen LogP contribution in [0.4, 0.5) is 0 Å². The molecule has 0 aromatic carbocycles. The van der Waals surface area contributed by atoms with E-state index in [1.807, 2.05) is 10.9 Å². The zero-order valence-corrected chi connectivity index (χ0v) is 16.4. The minimum absolute atomic E-state index is 0.0401. The van der Waals surface area contributed by atoms with Gasteiger partial charge in [0.15, 0.2) is 5.82 Å². The van der Waals surface area contributed by atoms with Crippen LogP contribution in [0.1, 0.15) is 74.5 Å². The van der Waals surface area contributed by atoms with Crippen molar-refractivity contribution >= 4 is 0 Å². The van der Waals surface area contributed by atoms with E-state index >= 15 is 0 Å². The normalized spacial score (nSPS) is 20.7. The maximum Gasteiger partial charge on any atom is 0.172 e. The van der Waals surface area contributed by atoms with Crippen molar-refractivity contribution in [1.82, 2.24) is 35.7 Å². The number of aromatic nitrogens is 6. The van der Waals surface area contributed by atoms with Gasteiger partial charge < -0.3 is 10.1 Å². The average molecular weight is 374 g/mol. The Morgan fingerprint density at radius 2 is 2.15 bits per heavy atom. The molecule has 0 amide bonds. The Labute approximate surface area is 160 Å². The number of aryl methyl sites for hydroxylation is 2. The molecular weight excluding hydrogens is 342 g/mol. The van der Waals surface area contributed by atoms with Crippen molar-refractivity contribution in [2.75, 3.05) is 13.7 Å². The average Bonchev–Trinajstić information content (AvgIpc) is 3.28. The molecule has 0 saturated heterocycles. The van der Waals surface area contributed by atoms with Gasteiger partial charge in [-0.25, -0.2) is 4.68 Å². The van der Waals surface area contributed by atoms with Gasteiger partial charge in [-0.2, -0.15) is 5.10 Å². The third kappa shape index (κ3) is 3.91. The zero-order chi connectivity index (χ0) is 18.7. The molecule has 148 valence electrons. The molecule has 1 spiro atoms. The highest BCUT2D eigenvalue weighted by Crippen LogP contribution is 2.51. The fourth-order valence-electron chi connectivity index (χ4n) is 4.70. The summed E-state index contributed by atoms with van der Waals surface area (Å²) in [7, 11) is 1.72. The van der Waals surface area contributed by atoms with Crippen molar-refractivity contribution in [2.24, 2.45) is 5.41 Å². The fraction of sp³-hybridized carbons (Fsp3) is 0.789. The molecule has 2 heterocycles. The van der Waals surface area contributed by atoms with E-state index < -0.39 is 0 Å². The lowest BCUT2D eigenvalue weighted by atomic mass is 9.60. The Bertz CT molecular complexity index is 726. The molecule has 0 aliphatic heterocycles. The van der Waals surface area contributed by atoms with Crippen molar-refractivity contribution in [3.05, 3.63) is 23.3 Å². The van der Waals surface area contributed by atoms with Crippen molar-refractivity contribution in [1.29, 1.82) is 0 Å². The predicted octanol–water partition coefficient (Wildman–Crippen LogP) is 2.53. The quantitative estimate of drug-likeness (QED) is 0.691. The summed E-state index contributed by atoms with van der Waals surface area (Å²) in [5.74, 6) is 0.861. The summed E-state index contributed by atoms with van der Waals surface area (Å²) in [6.45, 7) is 3.51. The molecule has 2 aromatic heterocycles. The van der Waals surface area contributed by atoms with Crippen molar-refractivity contribution in [2.45, 2.75) is 76.9 Å². The minimum Gasteiger partial charge on any atom is -0.385 e. The molecule has 2 aliphatic carbocycles. The highest BCUT2D eigenvalue weighted by atomic mass is 16.5. The highest BCUT2D eigenvalue weighted by Gasteiger charge is 2.40. The fourth-order valence-corrected chi connectivity index (χ4v) is 4.70. The van der Waals surface area contributed by atoms with E-state index in [1.165, 1.54) is 44.9 Å². The Balaban J connectivity index is 1.50. The van der Waals surface area contributed by atoms with Gasteiger partial charge in [-0.15, -0.1) is 5.10 Å². The van der Waals surface area contributed by atoms with Gasteiger partial charge in [0, 0.05) is 37.6 Å². The van der Waals surface area contributed by atoms with Crippen LogP contribution in [0.3, 0.4) is 0 Å². The Morgan fingerprint density at radius 1 is 1.33 bits per heavy atom. The van der Waals surface area contributed by atoms with Crippen LogP contribution in [0.2, 0.25) is 0 Å². The molecule has 0 bridgehead atoms. The maximum absolute atomic E-state index is 5.18. The zero-order valence-electron chi connectivity index (χ0n) is 16.4. The van der Waals surface area contributed by atoms with E-state index in [1.54, 1.807) is 7.11 Å². The van der Waals surface area contributed by atoms with E-state index in [-0.39, 0.29) is 6.04 Å². The van der Waals surface area contributed by atoms with Crippen LogP contribution in [0.15, 0.2) is 6.20 Å². The van der Waals surface area contributed by atoms with Gasteiger partial charge in [0.1, 0.15) is 0 Å². The second kappa shape index (κ2) is 8.06. The Hall–Kier alpha value is -1.80. The lowest BCUT2D eigenvalue weighted by Crippen LogP contribution is -2.42. The number of methoxy groups -OCH3 is 1. The molecule has 1 unspecified atom stereocenters. The molecule has 0 radical (unpaired) electrons. The molecule has 2 N–H and O–H groups in total. The molecule has 27 heavy (non-hydrogen) atoms. The van der Waals surface area contributed by atoms with Gasteiger partial charge in [0.05, 0.1) is 12.2 Å². The summed E-state index contributed by atoms with van der Waals surface area (Å²) in [4.78, 5) is 0. The number of tetrazole rings is 1. The van der Waals surface area contributed by atoms with Crippen molar-refractivity contribution in [3.8, 4) is 0 Å². The molecule has 2 aromatic rings. The smallest absolute Gasteiger partial charge is 0.172 e. The lowest BCUT2D eigenvalue weighted by Gasteiger charge is -2.47. The number of hydrogen-bond acceptors (Lipinski definition) is 6. The second-order valence-corrected chi connectivity index (χ2v) is 8.28. The standard InChI is InChI=1S/C19H31N7O/c1-14-16(13-20-22-14)17(18-23-24-25-26(18)11-4-12-27-2)21-15-5-9-19(10-6-15)7-3-8-19/h13,15,17,21H,3-12H2,1-2H3,(H,20,22). The first kappa shape index (κ1) is 18.6. The number of H-pyrrole nitrogens is 1. The minimum atomic E-state index is -0.0401. The number of ether oxygens (including phenoxy) is 1. The molecule has 2 aliphatic rings.